The van der Waals surface area contributed by atoms with Crippen LogP contribution in [0.4, 0.5) is 0 Å². The number of piperidine rings is 1. The fraction of sp³-hybridized carbons (Fsp3) is 0.538. The second-order valence-corrected chi connectivity index (χ2v) is 9.83. The van der Waals surface area contributed by atoms with E-state index in [1.54, 1.807) is 9.58 Å². The summed E-state index contributed by atoms with van der Waals surface area (Å²) in [6.45, 7) is 8.49. The van der Waals surface area contributed by atoms with Crippen LogP contribution < -0.4 is 5.32 Å². The Morgan fingerprint density at radius 2 is 1.74 bits per heavy atom. The minimum Gasteiger partial charge on any atom is -0.352 e. The molecular formula is C26H35N5O3. The van der Waals surface area contributed by atoms with E-state index in [9.17, 15) is 14.4 Å². The number of carbonyl (C=O) groups is 3. The summed E-state index contributed by atoms with van der Waals surface area (Å²) in [4.78, 5) is 42.2. The van der Waals surface area contributed by atoms with Crippen LogP contribution in [-0.4, -0.2) is 56.9 Å². The Bertz CT molecular complexity index is 1060. The molecule has 2 aromatic rings. The summed E-state index contributed by atoms with van der Waals surface area (Å²) in [5.41, 5.74) is 4.62. The van der Waals surface area contributed by atoms with Crippen molar-refractivity contribution >= 4 is 17.7 Å². The van der Waals surface area contributed by atoms with E-state index in [4.69, 9.17) is 0 Å². The lowest BCUT2D eigenvalue weighted by molar-refractivity contribution is -0.135. The molecule has 3 heterocycles. The molecule has 0 unspecified atom stereocenters. The van der Waals surface area contributed by atoms with Crippen LogP contribution in [0.3, 0.4) is 0 Å². The van der Waals surface area contributed by atoms with Crippen LogP contribution >= 0.6 is 0 Å². The average Bonchev–Trinajstić information content (AvgIpc) is 3.18. The van der Waals surface area contributed by atoms with Crippen molar-refractivity contribution in [3.05, 3.63) is 52.3 Å². The van der Waals surface area contributed by atoms with Crippen LogP contribution in [0.5, 0.6) is 0 Å². The molecule has 1 saturated heterocycles. The fourth-order valence-electron chi connectivity index (χ4n) is 4.85. The zero-order chi connectivity index (χ0) is 24.4. The Kier molecular flexibility index (Phi) is 7.05. The van der Waals surface area contributed by atoms with Crippen molar-refractivity contribution in [3.8, 4) is 0 Å². The monoisotopic (exact) mass is 465 g/mol. The number of rotatable bonds is 5. The van der Waals surface area contributed by atoms with Gasteiger partial charge in [-0.25, -0.2) is 0 Å². The molecule has 0 spiro atoms. The Morgan fingerprint density at radius 3 is 2.38 bits per heavy atom. The molecule has 0 bridgehead atoms. The highest BCUT2D eigenvalue weighted by Crippen LogP contribution is 2.26. The van der Waals surface area contributed by atoms with Gasteiger partial charge < -0.3 is 15.1 Å². The molecule has 3 amide bonds. The Balaban J connectivity index is 1.35. The van der Waals surface area contributed by atoms with Crippen molar-refractivity contribution in [2.75, 3.05) is 19.6 Å². The van der Waals surface area contributed by atoms with Crippen molar-refractivity contribution in [3.63, 3.8) is 0 Å². The Labute approximate surface area is 201 Å². The summed E-state index contributed by atoms with van der Waals surface area (Å²) in [5.74, 6) is -0.120. The first-order valence-corrected chi connectivity index (χ1v) is 12.2. The van der Waals surface area contributed by atoms with Gasteiger partial charge in [-0.2, -0.15) is 5.10 Å². The standard InChI is InChI=1S/C26H35N5O3/c1-17(2)25(33)31-14-11-22-21(16-31)23(28-29(22)4)26(34)30-12-9-20(10-13-30)24(32)27-15-19-7-5-18(3)6-8-19/h5-8,17,20H,9-16H2,1-4H3,(H,27,32). The van der Waals surface area contributed by atoms with Crippen LogP contribution in [0.15, 0.2) is 24.3 Å². The predicted molar refractivity (Wildman–Crippen MR) is 129 cm³/mol. The highest BCUT2D eigenvalue weighted by atomic mass is 16.2. The molecule has 1 fully saturated rings. The molecular weight excluding hydrogens is 430 g/mol. The molecule has 0 aliphatic carbocycles. The number of nitrogens with one attached hydrogen (secondary N) is 1. The first-order chi connectivity index (χ1) is 16.2. The molecule has 1 aromatic heterocycles. The number of nitrogens with zero attached hydrogens (tertiary/aromatic N) is 4. The SMILES string of the molecule is Cc1ccc(CNC(=O)C2CCN(C(=O)c3nn(C)c4c3CN(C(=O)C(C)C)CC4)CC2)cc1. The van der Waals surface area contributed by atoms with E-state index in [-0.39, 0.29) is 29.6 Å². The minimum absolute atomic E-state index is 0.0470. The third-order valence-electron chi connectivity index (χ3n) is 6.99. The number of fused-ring (bicyclic) bond motifs is 1. The molecule has 8 heteroatoms. The summed E-state index contributed by atoms with van der Waals surface area (Å²) in [5, 5.41) is 7.57. The summed E-state index contributed by atoms with van der Waals surface area (Å²) < 4.78 is 1.78. The van der Waals surface area contributed by atoms with Crippen molar-refractivity contribution in [1.29, 1.82) is 0 Å². The van der Waals surface area contributed by atoms with E-state index in [0.29, 0.717) is 57.7 Å². The zero-order valence-electron chi connectivity index (χ0n) is 20.6. The lowest BCUT2D eigenvalue weighted by atomic mass is 9.95. The Morgan fingerprint density at radius 1 is 1.06 bits per heavy atom. The third-order valence-corrected chi connectivity index (χ3v) is 6.99. The third kappa shape index (κ3) is 5.00. The van der Waals surface area contributed by atoms with Gasteiger partial charge in [-0.15, -0.1) is 0 Å². The van der Waals surface area contributed by atoms with Gasteiger partial charge in [-0.05, 0) is 25.3 Å². The van der Waals surface area contributed by atoms with Crippen LogP contribution in [0, 0.1) is 18.8 Å². The van der Waals surface area contributed by atoms with E-state index in [2.05, 4.69) is 10.4 Å². The number of hydrogen-bond acceptors (Lipinski definition) is 4. The van der Waals surface area contributed by atoms with E-state index in [1.807, 2.05) is 57.0 Å². The number of aryl methyl sites for hydroxylation is 2. The van der Waals surface area contributed by atoms with Crippen molar-refractivity contribution in [2.45, 2.75) is 53.1 Å². The Hall–Kier alpha value is -3.16. The molecule has 2 aliphatic heterocycles. The van der Waals surface area contributed by atoms with Gasteiger partial charge >= 0.3 is 0 Å². The number of aromatic nitrogens is 2. The first kappa shape index (κ1) is 24.0. The van der Waals surface area contributed by atoms with Gasteiger partial charge in [-0.1, -0.05) is 43.7 Å². The topological polar surface area (TPSA) is 87.5 Å². The van der Waals surface area contributed by atoms with Crippen molar-refractivity contribution in [2.24, 2.45) is 18.9 Å². The maximum atomic E-state index is 13.4. The second kappa shape index (κ2) is 9.99. The quantitative estimate of drug-likeness (QED) is 0.735. The maximum absolute atomic E-state index is 13.4. The molecule has 2 aliphatic rings. The smallest absolute Gasteiger partial charge is 0.274 e. The summed E-state index contributed by atoms with van der Waals surface area (Å²) in [7, 11) is 1.86. The zero-order valence-corrected chi connectivity index (χ0v) is 20.6. The van der Waals surface area contributed by atoms with E-state index in [1.165, 1.54) is 5.56 Å². The van der Waals surface area contributed by atoms with E-state index in [0.717, 1.165) is 16.8 Å². The predicted octanol–water partition coefficient (Wildman–Crippen LogP) is 2.44. The fourth-order valence-corrected chi connectivity index (χ4v) is 4.85. The van der Waals surface area contributed by atoms with Crippen molar-refractivity contribution < 1.29 is 14.4 Å². The number of likely N-dealkylation sites (tertiary alicyclic amines) is 1. The highest BCUT2D eigenvalue weighted by Gasteiger charge is 2.34. The molecule has 0 saturated carbocycles. The van der Waals surface area contributed by atoms with E-state index < -0.39 is 0 Å². The van der Waals surface area contributed by atoms with Crippen LogP contribution in [-0.2, 0) is 36.1 Å². The summed E-state index contributed by atoms with van der Waals surface area (Å²) in [6, 6.07) is 8.14. The average molecular weight is 466 g/mol. The maximum Gasteiger partial charge on any atom is 0.274 e. The summed E-state index contributed by atoms with van der Waals surface area (Å²) in [6.07, 6.45) is 1.98. The van der Waals surface area contributed by atoms with Gasteiger partial charge in [0.2, 0.25) is 11.8 Å². The number of hydrogen-bond donors (Lipinski definition) is 1. The molecule has 1 N–H and O–H groups in total. The van der Waals surface area contributed by atoms with Crippen LogP contribution in [0.25, 0.3) is 0 Å². The number of amides is 3. The number of benzene rings is 1. The largest absolute Gasteiger partial charge is 0.352 e. The summed E-state index contributed by atoms with van der Waals surface area (Å²) >= 11 is 0. The molecule has 0 atom stereocenters. The highest BCUT2D eigenvalue weighted by molar-refractivity contribution is 5.94. The van der Waals surface area contributed by atoms with Crippen LogP contribution in [0.1, 0.15) is 59.6 Å². The van der Waals surface area contributed by atoms with Gasteiger partial charge in [0, 0.05) is 69.3 Å². The molecule has 4 rings (SSSR count). The normalized spacial score (nSPS) is 16.5. The lowest BCUT2D eigenvalue weighted by Gasteiger charge is -2.32. The van der Waals surface area contributed by atoms with Gasteiger partial charge in [0.1, 0.15) is 0 Å². The van der Waals surface area contributed by atoms with Gasteiger partial charge in [0.05, 0.1) is 0 Å². The van der Waals surface area contributed by atoms with Gasteiger partial charge in [0.25, 0.3) is 5.91 Å². The van der Waals surface area contributed by atoms with Crippen molar-refractivity contribution in [1.82, 2.24) is 24.9 Å². The van der Waals surface area contributed by atoms with Gasteiger partial charge in [0.15, 0.2) is 5.69 Å². The molecule has 34 heavy (non-hydrogen) atoms. The second-order valence-electron chi connectivity index (χ2n) is 9.83. The van der Waals surface area contributed by atoms with Gasteiger partial charge in [-0.3, -0.25) is 19.1 Å². The number of carbonyl (C=O) groups excluding carboxylic acids is 3. The minimum atomic E-state index is -0.103. The first-order valence-electron chi connectivity index (χ1n) is 12.2. The van der Waals surface area contributed by atoms with Crippen LogP contribution in [0.2, 0.25) is 0 Å². The lowest BCUT2D eigenvalue weighted by Crippen LogP contribution is -2.43. The molecule has 0 radical (unpaired) electrons. The van der Waals surface area contributed by atoms with E-state index >= 15 is 0 Å². The molecule has 1 aromatic carbocycles. The molecule has 182 valence electrons. The molecule has 8 nitrogen and oxygen atoms in total.